The van der Waals surface area contributed by atoms with Crippen molar-refractivity contribution in [2.24, 2.45) is 0 Å². The average molecular weight is 386 g/mol. The second kappa shape index (κ2) is 7.87. The lowest BCUT2D eigenvalue weighted by atomic mass is 10.1. The second-order valence-electron chi connectivity index (χ2n) is 7.44. The summed E-state index contributed by atoms with van der Waals surface area (Å²) in [6.45, 7) is 5.84. The molecule has 0 aliphatic carbocycles. The molecule has 3 heterocycles. The highest BCUT2D eigenvalue weighted by molar-refractivity contribution is 5.93. The second-order valence-corrected chi connectivity index (χ2v) is 7.44. The number of H-pyrrole nitrogens is 1. The molecule has 1 aliphatic rings. The Morgan fingerprint density at radius 3 is 2.68 bits per heavy atom. The molecule has 2 aromatic heterocycles. The summed E-state index contributed by atoms with van der Waals surface area (Å²) in [6.07, 6.45) is 0. The Kier molecular flexibility index (Phi) is 5.53. The number of nitrogens with one attached hydrogen (secondary N) is 2. The zero-order chi connectivity index (χ0) is 20.4. The van der Waals surface area contributed by atoms with E-state index in [4.69, 9.17) is 0 Å². The SMILES string of the molecule is CC(C)c1ccc(C(=O)NCc2cc3n(n2)CCN(C(=O)N(C)C)C3)c(=O)[nH]1. The molecule has 2 aromatic rings. The number of carbonyl (C=O) groups is 2. The number of carbonyl (C=O) groups excluding carboxylic acids is 2. The Bertz CT molecular complexity index is 943. The Hall–Kier alpha value is -3.10. The molecular formula is C19H26N6O3. The van der Waals surface area contributed by atoms with Gasteiger partial charge in [-0.05, 0) is 24.1 Å². The lowest BCUT2D eigenvalue weighted by Crippen LogP contribution is -2.43. The monoisotopic (exact) mass is 386 g/mol. The zero-order valence-corrected chi connectivity index (χ0v) is 16.7. The molecule has 3 rings (SSSR count). The van der Waals surface area contributed by atoms with Gasteiger partial charge in [0, 0.05) is 26.3 Å². The summed E-state index contributed by atoms with van der Waals surface area (Å²) in [7, 11) is 3.45. The fraction of sp³-hybridized carbons (Fsp3) is 0.474. The largest absolute Gasteiger partial charge is 0.346 e. The summed E-state index contributed by atoms with van der Waals surface area (Å²) in [6, 6.07) is 5.15. The molecule has 9 heteroatoms. The molecule has 0 saturated carbocycles. The molecule has 0 spiro atoms. The summed E-state index contributed by atoms with van der Waals surface area (Å²) in [5.41, 5.74) is 2.09. The number of nitrogens with zero attached hydrogens (tertiary/aromatic N) is 4. The quantitative estimate of drug-likeness (QED) is 0.822. The summed E-state index contributed by atoms with van der Waals surface area (Å²) >= 11 is 0. The van der Waals surface area contributed by atoms with E-state index in [0.717, 1.165) is 11.4 Å². The summed E-state index contributed by atoms with van der Waals surface area (Å²) in [5, 5.41) is 7.22. The predicted molar refractivity (Wildman–Crippen MR) is 104 cm³/mol. The topological polar surface area (TPSA) is 103 Å². The van der Waals surface area contributed by atoms with Gasteiger partial charge in [0.15, 0.2) is 0 Å². The van der Waals surface area contributed by atoms with Crippen LogP contribution in [0.25, 0.3) is 0 Å². The molecular weight excluding hydrogens is 360 g/mol. The summed E-state index contributed by atoms with van der Waals surface area (Å²) in [4.78, 5) is 42.7. The third-order valence-electron chi connectivity index (χ3n) is 4.73. The Labute approximate surface area is 163 Å². The lowest BCUT2D eigenvalue weighted by Gasteiger charge is -2.29. The number of aromatic amines is 1. The van der Waals surface area contributed by atoms with E-state index in [1.54, 1.807) is 36.0 Å². The van der Waals surface area contributed by atoms with E-state index in [9.17, 15) is 14.4 Å². The van der Waals surface area contributed by atoms with Gasteiger partial charge in [-0.25, -0.2) is 4.79 Å². The predicted octanol–water partition coefficient (Wildman–Crippen LogP) is 1.12. The zero-order valence-electron chi connectivity index (χ0n) is 16.7. The van der Waals surface area contributed by atoms with Crippen molar-refractivity contribution >= 4 is 11.9 Å². The first kappa shape index (κ1) is 19.7. The third-order valence-corrected chi connectivity index (χ3v) is 4.73. The number of fused-ring (bicyclic) bond motifs is 1. The van der Waals surface area contributed by atoms with E-state index < -0.39 is 11.5 Å². The Morgan fingerprint density at radius 1 is 1.29 bits per heavy atom. The number of hydrogen-bond donors (Lipinski definition) is 2. The van der Waals surface area contributed by atoms with Gasteiger partial charge in [0.1, 0.15) is 5.56 Å². The maximum atomic E-state index is 12.4. The first-order valence-electron chi connectivity index (χ1n) is 9.29. The van der Waals surface area contributed by atoms with E-state index >= 15 is 0 Å². The minimum atomic E-state index is -0.438. The number of amides is 3. The highest BCUT2D eigenvalue weighted by Gasteiger charge is 2.23. The van der Waals surface area contributed by atoms with E-state index in [-0.39, 0.29) is 24.1 Å². The molecule has 0 bridgehead atoms. The average Bonchev–Trinajstić information content (AvgIpc) is 3.07. The van der Waals surface area contributed by atoms with Crippen LogP contribution in [-0.4, -0.2) is 57.1 Å². The van der Waals surface area contributed by atoms with Crippen molar-refractivity contribution in [2.75, 3.05) is 20.6 Å². The van der Waals surface area contributed by atoms with Gasteiger partial charge in [-0.2, -0.15) is 5.10 Å². The molecule has 9 nitrogen and oxygen atoms in total. The molecule has 0 fully saturated rings. The number of hydrogen-bond acceptors (Lipinski definition) is 4. The van der Waals surface area contributed by atoms with Crippen LogP contribution < -0.4 is 10.9 Å². The van der Waals surface area contributed by atoms with Crippen LogP contribution in [0.3, 0.4) is 0 Å². The molecule has 0 atom stereocenters. The molecule has 0 radical (unpaired) electrons. The summed E-state index contributed by atoms with van der Waals surface area (Å²) in [5.74, 6) is -0.257. The van der Waals surface area contributed by atoms with Crippen molar-refractivity contribution < 1.29 is 9.59 Å². The smallest absolute Gasteiger partial charge is 0.319 e. The van der Waals surface area contributed by atoms with Crippen LogP contribution in [0.1, 0.15) is 47.2 Å². The molecule has 0 aromatic carbocycles. The Morgan fingerprint density at radius 2 is 2.04 bits per heavy atom. The molecule has 150 valence electrons. The van der Waals surface area contributed by atoms with E-state index in [1.807, 2.05) is 24.6 Å². The van der Waals surface area contributed by atoms with Crippen LogP contribution in [0.15, 0.2) is 23.0 Å². The first-order chi connectivity index (χ1) is 13.3. The number of pyridine rings is 1. The molecule has 1 aliphatic heterocycles. The fourth-order valence-corrected chi connectivity index (χ4v) is 3.13. The van der Waals surface area contributed by atoms with E-state index in [0.29, 0.717) is 25.3 Å². The van der Waals surface area contributed by atoms with Crippen molar-refractivity contribution in [1.29, 1.82) is 0 Å². The van der Waals surface area contributed by atoms with Crippen molar-refractivity contribution in [3.63, 3.8) is 0 Å². The normalized spacial score (nSPS) is 13.4. The van der Waals surface area contributed by atoms with Gasteiger partial charge in [-0.3, -0.25) is 14.3 Å². The van der Waals surface area contributed by atoms with Crippen LogP contribution in [0.4, 0.5) is 4.79 Å². The van der Waals surface area contributed by atoms with Crippen LogP contribution in [0, 0.1) is 0 Å². The highest BCUT2D eigenvalue weighted by atomic mass is 16.2. The third kappa shape index (κ3) is 4.08. The maximum Gasteiger partial charge on any atom is 0.319 e. The maximum absolute atomic E-state index is 12.4. The van der Waals surface area contributed by atoms with Crippen LogP contribution in [0.5, 0.6) is 0 Å². The van der Waals surface area contributed by atoms with Gasteiger partial charge < -0.3 is 20.1 Å². The number of urea groups is 1. The van der Waals surface area contributed by atoms with Gasteiger partial charge in [0.05, 0.1) is 31.0 Å². The van der Waals surface area contributed by atoms with Crippen molar-refractivity contribution in [3.8, 4) is 0 Å². The Balaban J connectivity index is 1.64. The molecule has 0 saturated heterocycles. The molecule has 2 N–H and O–H groups in total. The summed E-state index contributed by atoms with van der Waals surface area (Å²) < 4.78 is 1.85. The standard InChI is InChI=1S/C19H26N6O3/c1-12(2)16-6-5-15(18(27)21-16)17(26)20-10-13-9-14-11-24(19(28)23(3)4)7-8-25(14)22-13/h5-6,9,12H,7-8,10-11H2,1-4H3,(H,20,26)(H,21,27). The highest BCUT2D eigenvalue weighted by Crippen LogP contribution is 2.15. The number of aromatic nitrogens is 3. The van der Waals surface area contributed by atoms with Crippen LogP contribution >= 0.6 is 0 Å². The van der Waals surface area contributed by atoms with Crippen molar-refractivity contribution in [1.82, 2.24) is 29.9 Å². The van der Waals surface area contributed by atoms with Gasteiger partial charge in [-0.1, -0.05) is 13.8 Å². The lowest BCUT2D eigenvalue weighted by molar-refractivity contribution is 0.0948. The molecule has 0 unspecified atom stereocenters. The van der Waals surface area contributed by atoms with Gasteiger partial charge in [0.2, 0.25) is 0 Å². The minimum absolute atomic E-state index is 0.0358. The fourth-order valence-electron chi connectivity index (χ4n) is 3.13. The van der Waals surface area contributed by atoms with Crippen molar-refractivity contribution in [2.45, 2.75) is 39.4 Å². The minimum Gasteiger partial charge on any atom is -0.346 e. The van der Waals surface area contributed by atoms with Gasteiger partial charge >= 0.3 is 6.03 Å². The van der Waals surface area contributed by atoms with Crippen LogP contribution in [0.2, 0.25) is 0 Å². The van der Waals surface area contributed by atoms with Gasteiger partial charge in [0.25, 0.3) is 11.5 Å². The van der Waals surface area contributed by atoms with E-state index in [1.165, 1.54) is 0 Å². The number of rotatable bonds is 4. The molecule has 3 amide bonds. The molecule has 28 heavy (non-hydrogen) atoms. The van der Waals surface area contributed by atoms with E-state index in [2.05, 4.69) is 15.4 Å². The van der Waals surface area contributed by atoms with Gasteiger partial charge in [-0.15, -0.1) is 0 Å². The van der Waals surface area contributed by atoms with Crippen LogP contribution in [-0.2, 0) is 19.6 Å². The van der Waals surface area contributed by atoms with Crippen molar-refractivity contribution in [3.05, 3.63) is 51.2 Å². The first-order valence-corrected chi connectivity index (χ1v) is 9.29.